The van der Waals surface area contributed by atoms with Crippen LogP contribution in [0.3, 0.4) is 0 Å². The van der Waals surface area contributed by atoms with Gasteiger partial charge in [0, 0.05) is 31.8 Å². The summed E-state index contributed by atoms with van der Waals surface area (Å²) in [5.41, 5.74) is 4.79. The predicted octanol–water partition coefficient (Wildman–Crippen LogP) is 4.70. The average Bonchev–Trinajstić information content (AvgIpc) is 3.15. The van der Waals surface area contributed by atoms with Crippen LogP contribution in [0.25, 0.3) is 11.1 Å². The molecule has 0 aromatic heterocycles. The maximum absolute atomic E-state index is 12.2. The molecule has 2 aromatic rings. The molecule has 2 aliphatic carbocycles. The molecule has 0 bridgehead atoms. The van der Waals surface area contributed by atoms with Gasteiger partial charge in [0.1, 0.15) is 6.61 Å². The number of hydrogen-bond acceptors (Lipinski definition) is 4. The first-order valence-corrected chi connectivity index (χ1v) is 12.6. The van der Waals surface area contributed by atoms with Crippen LogP contribution in [-0.2, 0) is 14.3 Å². The average molecular weight is 479 g/mol. The highest BCUT2D eigenvalue weighted by molar-refractivity contribution is 5.79. The van der Waals surface area contributed by atoms with Crippen molar-refractivity contribution in [2.75, 3.05) is 19.7 Å². The Bertz CT molecular complexity index is 1000. The van der Waals surface area contributed by atoms with E-state index >= 15 is 0 Å². The molecule has 0 aliphatic heterocycles. The quantitative estimate of drug-likeness (QED) is 0.384. The van der Waals surface area contributed by atoms with E-state index < -0.39 is 12.1 Å². The van der Waals surface area contributed by atoms with Crippen molar-refractivity contribution < 1.29 is 24.2 Å². The maximum atomic E-state index is 12.2. The number of aliphatic carboxylic acids is 1. The first kappa shape index (κ1) is 24.8. The number of benzene rings is 2. The molecule has 1 fully saturated rings. The smallest absolute Gasteiger partial charge is 0.407 e. The lowest BCUT2D eigenvalue weighted by atomic mass is 9.73. The molecule has 7 heteroatoms. The summed E-state index contributed by atoms with van der Waals surface area (Å²) in [4.78, 5) is 34.9. The number of fused-ring (bicyclic) bond motifs is 3. The summed E-state index contributed by atoms with van der Waals surface area (Å²) in [6.07, 6.45) is 4.46. The van der Waals surface area contributed by atoms with Crippen molar-refractivity contribution in [2.24, 2.45) is 11.8 Å². The lowest BCUT2D eigenvalue weighted by molar-refractivity contribution is -0.139. The highest BCUT2D eigenvalue weighted by Gasteiger charge is 2.31. The zero-order chi connectivity index (χ0) is 24.6. The van der Waals surface area contributed by atoms with Gasteiger partial charge >= 0.3 is 12.1 Å². The van der Waals surface area contributed by atoms with Crippen LogP contribution in [0.2, 0.25) is 0 Å². The first-order valence-electron chi connectivity index (χ1n) is 12.6. The summed E-state index contributed by atoms with van der Waals surface area (Å²) in [6, 6.07) is 16.5. The SMILES string of the molecule is O=C(O)CC1CC(CNC(=O)CCCCCNC(=O)OCC2c3ccccc3-c3ccccc32)C1. The lowest BCUT2D eigenvalue weighted by Crippen LogP contribution is -2.36. The van der Waals surface area contributed by atoms with Crippen LogP contribution in [0, 0.1) is 11.8 Å². The van der Waals surface area contributed by atoms with Gasteiger partial charge in [-0.25, -0.2) is 4.79 Å². The summed E-state index contributed by atoms with van der Waals surface area (Å²) in [7, 11) is 0. The monoisotopic (exact) mass is 478 g/mol. The van der Waals surface area contributed by atoms with E-state index in [2.05, 4.69) is 34.9 Å². The van der Waals surface area contributed by atoms with Crippen molar-refractivity contribution in [1.29, 1.82) is 0 Å². The van der Waals surface area contributed by atoms with E-state index in [0.29, 0.717) is 32.0 Å². The van der Waals surface area contributed by atoms with Crippen molar-refractivity contribution in [3.05, 3.63) is 59.7 Å². The third kappa shape index (κ3) is 6.62. The second kappa shape index (κ2) is 11.9. The predicted molar refractivity (Wildman–Crippen MR) is 133 cm³/mol. The largest absolute Gasteiger partial charge is 0.481 e. The summed E-state index contributed by atoms with van der Waals surface area (Å²) < 4.78 is 5.54. The number of carbonyl (C=O) groups excluding carboxylic acids is 2. The molecule has 3 N–H and O–H groups in total. The molecule has 0 unspecified atom stereocenters. The van der Waals surface area contributed by atoms with Crippen LogP contribution >= 0.6 is 0 Å². The van der Waals surface area contributed by atoms with Crippen LogP contribution in [0.15, 0.2) is 48.5 Å². The number of alkyl carbamates (subject to hydrolysis) is 1. The Morgan fingerprint density at radius 1 is 0.857 bits per heavy atom. The van der Waals surface area contributed by atoms with Crippen LogP contribution < -0.4 is 10.6 Å². The van der Waals surface area contributed by atoms with Crippen molar-refractivity contribution in [1.82, 2.24) is 10.6 Å². The molecule has 0 radical (unpaired) electrons. The van der Waals surface area contributed by atoms with Gasteiger partial charge < -0.3 is 20.5 Å². The lowest BCUT2D eigenvalue weighted by Gasteiger charge is -2.34. The molecule has 0 atom stereocenters. The maximum Gasteiger partial charge on any atom is 0.407 e. The molecule has 1 saturated carbocycles. The molecule has 7 nitrogen and oxygen atoms in total. The van der Waals surface area contributed by atoms with Crippen molar-refractivity contribution in [2.45, 2.75) is 50.9 Å². The molecule has 0 spiro atoms. The second-order valence-corrected chi connectivity index (χ2v) is 9.67. The van der Waals surface area contributed by atoms with E-state index in [-0.39, 0.29) is 24.2 Å². The number of carbonyl (C=O) groups is 3. The van der Waals surface area contributed by atoms with E-state index in [1.54, 1.807) is 0 Å². The Hall–Kier alpha value is -3.35. The number of carboxylic acids is 1. The fraction of sp³-hybridized carbons (Fsp3) is 0.464. The molecule has 186 valence electrons. The van der Waals surface area contributed by atoms with Gasteiger partial charge in [0.15, 0.2) is 0 Å². The van der Waals surface area contributed by atoms with Gasteiger partial charge in [-0.3, -0.25) is 9.59 Å². The second-order valence-electron chi connectivity index (χ2n) is 9.67. The Labute approximate surface area is 206 Å². The molecule has 0 saturated heterocycles. The van der Waals surface area contributed by atoms with E-state index in [9.17, 15) is 14.4 Å². The summed E-state index contributed by atoms with van der Waals surface area (Å²) in [5, 5.41) is 14.5. The van der Waals surface area contributed by atoms with E-state index in [1.807, 2.05) is 24.3 Å². The number of carboxylic acid groups (broad SMARTS) is 1. The minimum absolute atomic E-state index is 0.0381. The summed E-state index contributed by atoms with van der Waals surface area (Å²) in [5.74, 6) is 0.0134. The Balaban J connectivity index is 1.05. The summed E-state index contributed by atoms with van der Waals surface area (Å²) >= 11 is 0. The van der Waals surface area contributed by atoms with Crippen molar-refractivity contribution in [3.63, 3.8) is 0 Å². The van der Waals surface area contributed by atoms with Gasteiger partial charge in [-0.05, 0) is 59.8 Å². The van der Waals surface area contributed by atoms with Crippen molar-refractivity contribution in [3.8, 4) is 11.1 Å². The van der Waals surface area contributed by atoms with Crippen LogP contribution in [0.5, 0.6) is 0 Å². The highest BCUT2D eigenvalue weighted by Crippen LogP contribution is 2.44. The Kier molecular flexibility index (Phi) is 8.40. The van der Waals surface area contributed by atoms with Gasteiger partial charge in [-0.1, -0.05) is 55.0 Å². The normalized spacial score (nSPS) is 18.2. The van der Waals surface area contributed by atoms with Gasteiger partial charge in [0.2, 0.25) is 5.91 Å². The van der Waals surface area contributed by atoms with Crippen LogP contribution in [-0.4, -0.2) is 42.8 Å². The molecule has 0 heterocycles. The van der Waals surface area contributed by atoms with E-state index in [0.717, 1.165) is 32.1 Å². The van der Waals surface area contributed by atoms with E-state index in [4.69, 9.17) is 9.84 Å². The summed E-state index contributed by atoms with van der Waals surface area (Å²) in [6.45, 7) is 1.46. The van der Waals surface area contributed by atoms with Crippen LogP contribution in [0.1, 0.15) is 62.0 Å². The number of rotatable bonds is 12. The van der Waals surface area contributed by atoms with Gasteiger partial charge in [-0.15, -0.1) is 0 Å². The minimum atomic E-state index is -0.745. The molecular weight excluding hydrogens is 444 g/mol. The fourth-order valence-corrected chi connectivity index (χ4v) is 5.23. The standard InChI is InChI=1S/C28H34N2O5/c31-26(30-17-20-14-19(15-20)16-27(32)33)12-2-1-7-13-29-28(34)35-18-25-23-10-5-3-8-21(23)22-9-4-6-11-24(22)25/h3-6,8-11,19-20,25H,1-2,7,12-18H2,(H,29,34)(H,30,31)(H,32,33). The number of unbranched alkanes of at least 4 members (excludes halogenated alkanes) is 2. The van der Waals surface area contributed by atoms with E-state index in [1.165, 1.54) is 22.3 Å². The molecular formula is C28H34N2O5. The number of amides is 2. The topological polar surface area (TPSA) is 105 Å². The third-order valence-corrected chi connectivity index (χ3v) is 7.08. The highest BCUT2D eigenvalue weighted by atomic mass is 16.5. The Morgan fingerprint density at radius 2 is 1.51 bits per heavy atom. The number of hydrogen-bond donors (Lipinski definition) is 3. The molecule has 4 rings (SSSR count). The Morgan fingerprint density at radius 3 is 2.17 bits per heavy atom. The van der Waals surface area contributed by atoms with Gasteiger partial charge in [0.05, 0.1) is 0 Å². The van der Waals surface area contributed by atoms with Gasteiger partial charge in [-0.2, -0.15) is 0 Å². The fourth-order valence-electron chi connectivity index (χ4n) is 5.23. The van der Waals surface area contributed by atoms with Gasteiger partial charge in [0.25, 0.3) is 0 Å². The molecule has 35 heavy (non-hydrogen) atoms. The minimum Gasteiger partial charge on any atom is -0.481 e. The molecule has 2 aromatic carbocycles. The molecule has 2 aliphatic rings. The third-order valence-electron chi connectivity index (χ3n) is 7.08. The number of nitrogens with one attached hydrogen (secondary N) is 2. The zero-order valence-electron chi connectivity index (χ0n) is 20.0. The van der Waals surface area contributed by atoms with Crippen molar-refractivity contribution >= 4 is 18.0 Å². The zero-order valence-corrected chi connectivity index (χ0v) is 20.0. The molecule has 2 amide bonds. The number of ether oxygens (including phenoxy) is 1. The first-order chi connectivity index (χ1) is 17.0. The van der Waals surface area contributed by atoms with Crippen LogP contribution in [0.4, 0.5) is 4.79 Å².